The van der Waals surface area contributed by atoms with Gasteiger partial charge < -0.3 is 10.0 Å². The maximum absolute atomic E-state index is 14.0. The van der Waals surface area contributed by atoms with Gasteiger partial charge in [0.15, 0.2) is 11.0 Å². The molecule has 1 aliphatic carbocycles. The van der Waals surface area contributed by atoms with Crippen molar-refractivity contribution in [2.24, 2.45) is 0 Å². The van der Waals surface area contributed by atoms with Gasteiger partial charge in [-0.1, -0.05) is 6.07 Å². The van der Waals surface area contributed by atoms with Crippen LogP contribution in [0.5, 0.6) is 0 Å². The SMILES string of the molecule is N#Cc1ccc(N2CCC[C@@H](F)C2)c(NS(=O)c2cc(C(=O)O)ccc2C2CC2)c1. The van der Waals surface area contributed by atoms with Crippen molar-refractivity contribution in [1.29, 1.82) is 5.26 Å². The Morgan fingerprint density at radius 1 is 1.23 bits per heavy atom. The number of alkyl halides is 1. The van der Waals surface area contributed by atoms with Crippen LogP contribution in [0.2, 0.25) is 0 Å². The van der Waals surface area contributed by atoms with Crippen LogP contribution >= 0.6 is 0 Å². The van der Waals surface area contributed by atoms with Gasteiger partial charge in [-0.3, -0.25) is 4.72 Å². The number of carboxylic acids is 1. The summed E-state index contributed by atoms with van der Waals surface area (Å²) in [6, 6.07) is 11.8. The first kappa shape index (κ1) is 20.4. The van der Waals surface area contributed by atoms with E-state index in [1.54, 1.807) is 24.3 Å². The second kappa shape index (κ2) is 8.44. The number of nitrogens with zero attached hydrogens (tertiary/aromatic N) is 2. The van der Waals surface area contributed by atoms with Crippen molar-refractivity contribution in [3.8, 4) is 6.07 Å². The molecule has 2 fully saturated rings. The first-order chi connectivity index (χ1) is 14.5. The van der Waals surface area contributed by atoms with E-state index in [0.29, 0.717) is 34.8 Å². The zero-order valence-corrected chi connectivity index (χ0v) is 17.1. The average molecular weight is 428 g/mol. The number of aromatic carboxylic acids is 1. The number of carboxylic acid groups (broad SMARTS) is 1. The van der Waals surface area contributed by atoms with Gasteiger partial charge in [0.05, 0.1) is 33.5 Å². The van der Waals surface area contributed by atoms with Gasteiger partial charge in [0.2, 0.25) is 0 Å². The first-order valence-electron chi connectivity index (χ1n) is 9.95. The predicted octanol–water partition coefficient (Wildman–Crippen LogP) is 4.21. The fourth-order valence-electron chi connectivity index (χ4n) is 3.82. The third kappa shape index (κ3) is 4.31. The lowest BCUT2D eigenvalue weighted by Crippen LogP contribution is -2.36. The summed E-state index contributed by atoms with van der Waals surface area (Å²) in [5.74, 6) is -0.794. The van der Waals surface area contributed by atoms with Gasteiger partial charge >= 0.3 is 5.97 Å². The summed E-state index contributed by atoms with van der Waals surface area (Å²) in [5.41, 5.74) is 2.52. The number of hydrogen-bond acceptors (Lipinski definition) is 4. The minimum Gasteiger partial charge on any atom is -0.478 e. The van der Waals surface area contributed by atoms with E-state index in [-0.39, 0.29) is 18.0 Å². The van der Waals surface area contributed by atoms with E-state index >= 15 is 0 Å². The number of piperidine rings is 1. The lowest BCUT2D eigenvalue weighted by molar-refractivity contribution is 0.0696. The van der Waals surface area contributed by atoms with E-state index < -0.39 is 23.1 Å². The lowest BCUT2D eigenvalue weighted by Gasteiger charge is -2.32. The summed E-state index contributed by atoms with van der Waals surface area (Å²) in [5, 5.41) is 18.6. The molecular weight excluding hydrogens is 405 g/mol. The molecule has 0 bridgehead atoms. The Labute approximate surface area is 176 Å². The Morgan fingerprint density at radius 3 is 2.70 bits per heavy atom. The van der Waals surface area contributed by atoms with Crippen molar-refractivity contribution in [3.63, 3.8) is 0 Å². The Bertz CT molecular complexity index is 1050. The van der Waals surface area contributed by atoms with Crippen LogP contribution < -0.4 is 9.62 Å². The molecule has 1 heterocycles. The van der Waals surface area contributed by atoms with Gasteiger partial charge in [0.1, 0.15) is 6.17 Å². The molecule has 2 aromatic carbocycles. The first-order valence-corrected chi connectivity index (χ1v) is 11.1. The van der Waals surface area contributed by atoms with Gasteiger partial charge in [0.25, 0.3) is 0 Å². The fourth-order valence-corrected chi connectivity index (χ4v) is 4.98. The summed E-state index contributed by atoms with van der Waals surface area (Å²) >= 11 is 0. The fraction of sp³-hybridized carbons (Fsp3) is 0.364. The van der Waals surface area contributed by atoms with Crippen LogP contribution in [0, 0.1) is 11.3 Å². The molecule has 0 spiro atoms. The molecule has 6 nitrogen and oxygen atoms in total. The summed E-state index contributed by atoms with van der Waals surface area (Å²) in [7, 11) is -1.73. The van der Waals surface area contributed by atoms with E-state index in [0.717, 1.165) is 24.8 Å². The number of carbonyl (C=O) groups is 1. The molecule has 2 N–H and O–H groups in total. The maximum Gasteiger partial charge on any atom is 0.335 e. The highest BCUT2D eigenvalue weighted by atomic mass is 32.2. The largest absolute Gasteiger partial charge is 0.478 e. The van der Waals surface area contributed by atoms with Gasteiger partial charge in [-0.25, -0.2) is 13.4 Å². The van der Waals surface area contributed by atoms with Crippen LogP contribution in [0.4, 0.5) is 15.8 Å². The van der Waals surface area contributed by atoms with E-state index in [1.807, 2.05) is 4.90 Å². The second-order valence-electron chi connectivity index (χ2n) is 7.73. The van der Waals surface area contributed by atoms with Crippen LogP contribution in [-0.4, -0.2) is 34.5 Å². The van der Waals surface area contributed by atoms with Crippen molar-refractivity contribution < 1.29 is 18.5 Å². The van der Waals surface area contributed by atoms with Gasteiger partial charge in [-0.2, -0.15) is 5.26 Å². The number of nitriles is 1. The molecule has 2 atom stereocenters. The van der Waals surface area contributed by atoms with Crippen molar-refractivity contribution in [3.05, 3.63) is 53.1 Å². The molecular formula is C22H22FN3O3S. The summed E-state index contributed by atoms with van der Waals surface area (Å²) < 4.78 is 30.2. The van der Waals surface area contributed by atoms with E-state index in [1.165, 1.54) is 12.1 Å². The van der Waals surface area contributed by atoms with E-state index in [4.69, 9.17) is 0 Å². The molecule has 0 aromatic heterocycles. The van der Waals surface area contributed by atoms with E-state index in [9.17, 15) is 23.8 Å². The van der Waals surface area contributed by atoms with Crippen molar-refractivity contribution >= 4 is 28.3 Å². The quantitative estimate of drug-likeness (QED) is 0.720. The highest BCUT2D eigenvalue weighted by Gasteiger charge is 2.29. The predicted molar refractivity (Wildman–Crippen MR) is 113 cm³/mol. The summed E-state index contributed by atoms with van der Waals surface area (Å²) in [6.45, 7) is 0.921. The molecule has 4 rings (SSSR count). The molecule has 0 amide bonds. The molecule has 156 valence electrons. The smallest absolute Gasteiger partial charge is 0.335 e. The standard InChI is InChI=1S/C22H22FN3O3S/c23-17-2-1-9-26(13-17)20-8-3-14(12-24)10-19(20)25-30(29)21-11-16(22(27)28)6-7-18(21)15-4-5-15/h3,6-8,10-11,15,17,25H,1-2,4-5,9,13H2,(H,27,28)/t17-,30?/m1/s1. The van der Waals surface area contributed by atoms with Crippen LogP contribution in [0.15, 0.2) is 41.3 Å². The number of benzene rings is 2. The zero-order valence-electron chi connectivity index (χ0n) is 16.3. The number of halogens is 1. The van der Waals surface area contributed by atoms with Gasteiger partial charge in [0, 0.05) is 13.1 Å². The van der Waals surface area contributed by atoms with Crippen LogP contribution in [0.1, 0.15) is 53.1 Å². The zero-order chi connectivity index (χ0) is 21.3. The van der Waals surface area contributed by atoms with Crippen molar-refractivity contribution in [2.75, 3.05) is 22.7 Å². The van der Waals surface area contributed by atoms with Gasteiger partial charge in [-0.15, -0.1) is 0 Å². The molecule has 30 heavy (non-hydrogen) atoms. The number of hydrogen-bond donors (Lipinski definition) is 2. The molecule has 1 saturated heterocycles. The Morgan fingerprint density at radius 2 is 2.03 bits per heavy atom. The van der Waals surface area contributed by atoms with E-state index in [2.05, 4.69) is 10.8 Å². The molecule has 8 heteroatoms. The Hall–Kier alpha value is -2.92. The maximum atomic E-state index is 14.0. The van der Waals surface area contributed by atoms with Crippen LogP contribution in [0.25, 0.3) is 0 Å². The normalized spacial score (nSPS) is 19.7. The topological polar surface area (TPSA) is 93.4 Å². The second-order valence-corrected chi connectivity index (χ2v) is 8.91. The number of nitrogens with one attached hydrogen (secondary N) is 1. The summed E-state index contributed by atoms with van der Waals surface area (Å²) in [4.78, 5) is 13.7. The lowest BCUT2D eigenvalue weighted by atomic mass is 10.1. The Kier molecular flexibility index (Phi) is 5.73. The highest BCUT2D eigenvalue weighted by molar-refractivity contribution is 7.86. The molecule has 1 saturated carbocycles. The number of rotatable bonds is 6. The molecule has 1 unspecified atom stereocenters. The van der Waals surface area contributed by atoms with Gasteiger partial charge in [-0.05, 0) is 67.5 Å². The van der Waals surface area contributed by atoms with Crippen molar-refractivity contribution in [2.45, 2.75) is 42.7 Å². The van der Waals surface area contributed by atoms with Crippen LogP contribution in [0.3, 0.4) is 0 Å². The Balaban J connectivity index is 1.68. The molecule has 2 aliphatic rings. The van der Waals surface area contributed by atoms with Crippen LogP contribution in [-0.2, 0) is 11.0 Å². The molecule has 1 aliphatic heterocycles. The number of anilines is 2. The highest BCUT2D eigenvalue weighted by Crippen LogP contribution is 2.43. The molecule has 2 aromatic rings. The minimum absolute atomic E-state index is 0.0758. The minimum atomic E-state index is -1.73. The summed E-state index contributed by atoms with van der Waals surface area (Å²) in [6.07, 6.45) is 2.28. The van der Waals surface area contributed by atoms with Crippen molar-refractivity contribution in [1.82, 2.24) is 0 Å². The monoisotopic (exact) mass is 427 g/mol. The third-order valence-electron chi connectivity index (χ3n) is 5.51. The average Bonchev–Trinajstić information content (AvgIpc) is 3.58. The molecule has 0 radical (unpaired) electrons. The third-order valence-corrected chi connectivity index (χ3v) is 6.67.